The Hall–Kier alpha value is -1.43. The van der Waals surface area contributed by atoms with Crippen LogP contribution in [0.25, 0.3) is 0 Å². The third-order valence-corrected chi connectivity index (χ3v) is 1.79. The summed E-state index contributed by atoms with van der Waals surface area (Å²) in [5.41, 5.74) is 0. The molecule has 0 fully saturated rings. The first-order chi connectivity index (χ1) is 7.19. The van der Waals surface area contributed by atoms with Crippen molar-refractivity contribution in [3.8, 4) is 0 Å². The summed E-state index contributed by atoms with van der Waals surface area (Å²) in [5, 5.41) is 13.7. The summed E-state index contributed by atoms with van der Waals surface area (Å²) < 4.78 is 26.1. The van der Waals surface area contributed by atoms with Gasteiger partial charge in [-0.1, -0.05) is 0 Å². The summed E-state index contributed by atoms with van der Waals surface area (Å²) in [6.07, 6.45) is 0.480. The number of aliphatic hydroxyl groups is 1. The number of nitrogens with zero attached hydrogens (tertiary/aromatic N) is 1. The van der Waals surface area contributed by atoms with Crippen LogP contribution in [0.2, 0.25) is 0 Å². The normalized spacial score (nSPS) is 10.1. The van der Waals surface area contributed by atoms with Crippen molar-refractivity contribution < 1.29 is 13.9 Å². The van der Waals surface area contributed by atoms with Crippen molar-refractivity contribution >= 4 is 11.6 Å². The molecule has 0 radical (unpaired) electrons. The molecular formula is C9H13F2N3O. The van der Waals surface area contributed by atoms with Crippen LogP contribution in [0, 0.1) is 11.6 Å². The minimum atomic E-state index is -0.746. The molecule has 0 unspecified atom stereocenters. The Labute approximate surface area is 86.3 Å². The van der Waals surface area contributed by atoms with Crippen molar-refractivity contribution in [1.29, 1.82) is 0 Å². The van der Waals surface area contributed by atoms with E-state index in [9.17, 15) is 8.78 Å². The number of aliphatic hydroxyl groups excluding tert-OH is 1. The number of anilines is 2. The van der Waals surface area contributed by atoms with Crippen molar-refractivity contribution in [3.05, 3.63) is 17.7 Å². The van der Waals surface area contributed by atoms with Gasteiger partial charge in [0.2, 0.25) is 0 Å². The maximum absolute atomic E-state index is 13.1. The third-order valence-electron chi connectivity index (χ3n) is 1.79. The van der Waals surface area contributed by atoms with E-state index < -0.39 is 11.6 Å². The third kappa shape index (κ3) is 3.02. The first kappa shape index (κ1) is 11.6. The lowest BCUT2D eigenvalue weighted by Gasteiger charge is -2.08. The molecule has 4 nitrogen and oxygen atoms in total. The standard InChI is InChI=1S/C9H13F2N3O/c1-12-8-6(10)5-7(11)9(14-8)13-3-2-4-15/h5,15H,2-4H2,1H3,(H2,12,13,14). The van der Waals surface area contributed by atoms with Gasteiger partial charge in [-0.3, -0.25) is 0 Å². The Morgan fingerprint density at radius 2 is 2.00 bits per heavy atom. The van der Waals surface area contributed by atoms with Crippen LogP contribution >= 0.6 is 0 Å². The Kier molecular flexibility index (Phi) is 4.23. The smallest absolute Gasteiger partial charge is 0.168 e. The SMILES string of the molecule is CNc1nc(NCCCO)c(F)cc1F. The highest BCUT2D eigenvalue weighted by Gasteiger charge is 2.09. The Morgan fingerprint density at radius 1 is 1.33 bits per heavy atom. The lowest BCUT2D eigenvalue weighted by Crippen LogP contribution is -2.09. The van der Waals surface area contributed by atoms with Crippen molar-refractivity contribution in [1.82, 2.24) is 4.98 Å². The minimum Gasteiger partial charge on any atom is -0.396 e. The van der Waals surface area contributed by atoms with Crippen LogP contribution in [0.5, 0.6) is 0 Å². The molecule has 0 aliphatic rings. The summed E-state index contributed by atoms with van der Waals surface area (Å²) in [4.78, 5) is 3.71. The molecule has 1 aromatic heterocycles. The number of halogens is 2. The Morgan fingerprint density at radius 3 is 2.60 bits per heavy atom. The molecule has 0 saturated heterocycles. The monoisotopic (exact) mass is 217 g/mol. The Balaban J connectivity index is 2.78. The van der Waals surface area contributed by atoms with E-state index in [1.165, 1.54) is 7.05 Å². The molecule has 0 spiro atoms. The largest absolute Gasteiger partial charge is 0.396 e. The molecular weight excluding hydrogens is 204 g/mol. The van der Waals surface area contributed by atoms with Crippen LogP contribution in [-0.2, 0) is 0 Å². The number of aromatic nitrogens is 1. The molecule has 1 aromatic rings. The lowest BCUT2D eigenvalue weighted by atomic mass is 10.3. The number of rotatable bonds is 5. The number of hydrogen-bond acceptors (Lipinski definition) is 4. The summed E-state index contributed by atoms with van der Waals surface area (Å²) >= 11 is 0. The van der Waals surface area contributed by atoms with E-state index in [1.54, 1.807) is 0 Å². The molecule has 0 saturated carbocycles. The number of nitrogens with one attached hydrogen (secondary N) is 2. The van der Waals surface area contributed by atoms with E-state index in [2.05, 4.69) is 15.6 Å². The first-order valence-corrected chi connectivity index (χ1v) is 4.57. The number of pyridine rings is 1. The highest BCUT2D eigenvalue weighted by molar-refractivity contribution is 5.47. The van der Waals surface area contributed by atoms with E-state index in [4.69, 9.17) is 5.11 Å². The zero-order valence-electron chi connectivity index (χ0n) is 8.35. The molecule has 1 rings (SSSR count). The molecule has 3 N–H and O–H groups in total. The first-order valence-electron chi connectivity index (χ1n) is 4.57. The average molecular weight is 217 g/mol. The van der Waals surface area contributed by atoms with Gasteiger partial charge in [0.05, 0.1) is 0 Å². The van der Waals surface area contributed by atoms with Gasteiger partial charge in [-0.05, 0) is 6.42 Å². The van der Waals surface area contributed by atoms with Gasteiger partial charge in [0.1, 0.15) is 0 Å². The highest BCUT2D eigenvalue weighted by atomic mass is 19.1. The summed E-state index contributed by atoms with van der Waals surface area (Å²) in [6, 6.07) is 0.764. The summed E-state index contributed by atoms with van der Waals surface area (Å²) in [6.45, 7) is 0.393. The van der Waals surface area contributed by atoms with E-state index in [0.29, 0.717) is 13.0 Å². The van der Waals surface area contributed by atoms with E-state index >= 15 is 0 Å². The molecule has 0 atom stereocenters. The second-order valence-corrected chi connectivity index (χ2v) is 2.90. The maximum Gasteiger partial charge on any atom is 0.168 e. The van der Waals surface area contributed by atoms with Gasteiger partial charge in [-0.15, -0.1) is 0 Å². The molecule has 1 heterocycles. The molecule has 0 bridgehead atoms. The van der Waals surface area contributed by atoms with Gasteiger partial charge >= 0.3 is 0 Å². The van der Waals surface area contributed by atoms with Gasteiger partial charge in [-0.25, -0.2) is 13.8 Å². The number of hydrogen-bond donors (Lipinski definition) is 3. The predicted octanol–water partition coefficient (Wildman–Crippen LogP) is 1.20. The summed E-state index contributed by atoms with van der Waals surface area (Å²) in [5.74, 6) is -1.51. The zero-order chi connectivity index (χ0) is 11.3. The second kappa shape index (κ2) is 5.45. The second-order valence-electron chi connectivity index (χ2n) is 2.90. The quantitative estimate of drug-likeness (QED) is 0.648. The van der Waals surface area contributed by atoms with Crippen LogP contribution in [0.15, 0.2) is 6.07 Å². The van der Waals surface area contributed by atoms with E-state index in [0.717, 1.165) is 6.07 Å². The average Bonchev–Trinajstić information content (AvgIpc) is 2.21. The van der Waals surface area contributed by atoms with Crippen molar-refractivity contribution in [3.63, 3.8) is 0 Å². The van der Waals surface area contributed by atoms with Gasteiger partial charge in [0, 0.05) is 26.3 Å². The summed E-state index contributed by atoms with van der Waals surface area (Å²) in [7, 11) is 1.50. The van der Waals surface area contributed by atoms with Gasteiger partial charge < -0.3 is 15.7 Å². The molecule has 84 valence electrons. The van der Waals surface area contributed by atoms with Crippen LogP contribution in [0.3, 0.4) is 0 Å². The highest BCUT2D eigenvalue weighted by Crippen LogP contribution is 2.18. The molecule has 6 heteroatoms. The predicted molar refractivity (Wildman–Crippen MR) is 53.9 cm³/mol. The molecule has 0 aliphatic heterocycles. The van der Waals surface area contributed by atoms with Crippen LogP contribution in [0.1, 0.15) is 6.42 Å². The molecule has 0 aliphatic carbocycles. The van der Waals surface area contributed by atoms with Gasteiger partial charge in [0.15, 0.2) is 23.3 Å². The van der Waals surface area contributed by atoms with Gasteiger partial charge in [-0.2, -0.15) is 0 Å². The molecule has 0 amide bonds. The van der Waals surface area contributed by atoms with Crippen LogP contribution in [0.4, 0.5) is 20.4 Å². The fourth-order valence-corrected chi connectivity index (χ4v) is 1.05. The van der Waals surface area contributed by atoms with E-state index in [1.807, 2.05) is 0 Å². The minimum absolute atomic E-state index is 0.00863. The topological polar surface area (TPSA) is 57.2 Å². The fraction of sp³-hybridized carbons (Fsp3) is 0.444. The fourth-order valence-electron chi connectivity index (χ4n) is 1.05. The van der Waals surface area contributed by atoms with Crippen molar-refractivity contribution in [2.24, 2.45) is 0 Å². The maximum atomic E-state index is 13.1. The van der Waals surface area contributed by atoms with Crippen molar-refractivity contribution in [2.45, 2.75) is 6.42 Å². The van der Waals surface area contributed by atoms with Crippen LogP contribution < -0.4 is 10.6 Å². The van der Waals surface area contributed by atoms with Crippen molar-refractivity contribution in [2.75, 3.05) is 30.8 Å². The zero-order valence-corrected chi connectivity index (χ0v) is 8.35. The van der Waals surface area contributed by atoms with E-state index in [-0.39, 0.29) is 18.2 Å². The molecule has 15 heavy (non-hydrogen) atoms. The van der Waals surface area contributed by atoms with Gasteiger partial charge in [0.25, 0.3) is 0 Å². The Bertz CT molecular complexity index is 333. The van der Waals surface area contributed by atoms with Crippen LogP contribution in [-0.4, -0.2) is 30.3 Å². The molecule has 0 aromatic carbocycles. The lowest BCUT2D eigenvalue weighted by molar-refractivity contribution is 0.292.